The maximum Gasteiger partial charge on any atom is 0.118 e. The van der Waals surface area contributed by atoms with Crippen LogP contribution in [0.3, 0.4) is 0 Å². The molecule has 0 aliphatic heterocycles. The van der Waals surface area contributed by atoms with Crippen LogP contribution in [0.4, 0.5) is 0 Å². The van der Waals surface area contributed by atoms with Crippen molar-refractivity contribution in [3.63, 3.8) is 0 Å². The lowest BCUT2D eigenvalue weighted by molar-refractivity contribution is 0.414. The lowest BCUT2D eigenvalue weighted by atomic mass is 10.2. The molecule has 0 aliphatic carbocycles. The molecule has 0 fully saturated rings. The van der Waals surface area contributed by atoms with Gasteiger partial charge in [-0.3, -0.25) is 0 Å². The van der Waals surface area contributed by atoms with E-state index in [4.69, 9.17) is 4.74 Å². The van der Waals surface area contributed by atoms with E-state index in [0.29, 0.717) is 0 Å². The Labute approximate surface area is 62.6 Å². The van der Waals surface area contributed by atoms with Crippen molar-refractivity contribution in [3.05, 3.63) is 29.8 Å². The van der Waals surface area contributed by atoms with Crippen LogP contribution >= 0.6 is 0 Å². The second-order valence-corrected chi connectivity index (χ2v) is 2.02. The first-order valence-corrected chi connectivity index (χ1v) is 2.93. The number of hydrogen-bond acceptors (Lipinski definition) is 1. The fourth-order valence-corrected chi connectivity index (χ4v) is 0.674. The monoisotopic (exact) mass is 138 g/mol. The first kappa shape index (κ1) is 9.02. The highest BCUT2D eigenvalue weighted by molar-refractivity contribution is 5.25. The van der Waals surface area contributed by atoms with Crippen LogP contribution < -0.4 is 4.74 Å². The second-order valence-electron chi connectivity index (χ2n) is 2.02. The third kappa shape index (κ3) is 2.09. The second kappa shape index (κ2) is 3.94. The van der Waals surface area contributed by atoms with Gasteiger partial charge in [-0.15, -0.1) is 0 Å². The minimum atomic E-state index is 0. The van der Waals surface area contributed by atoms with Gasteiger partial charge in [-0.05, 0) is 19.1 Å². The predicted octanol–water partition coefficient (Wildman–Crippen LogP) is 2.64. The quantitative estimate of drug-likeness (QED) is 0.579. The lowest BCUT2D eigenvalue weighted by Crippen LogP contribution is -1.80. The Kier molecular flexibility index (Phi) is 3.55. The Morgan fingerprint density at radius 1 is 1.10 bits per heavy atom. The molecule has 0 saturated carbocycles. The number of benzene rings is 1. The van der Waals surface area contributed by atoms with E-state index in [2.05, 4.69) is 6.92 Å². The van der Waals surface area contributed by atoms with Crippen LogP contribution in [0, 0.1) is 6.92 Å². The number of methoxy groups -OCH3 is 1. The third-order valence-electron chi connectivity index (χ3n) is 1.26. The smallest absolute Gasteiger partial charge is 0.118 e. The van der Waals surface area contributed by atoms with Gasteiger partial charge in [-0.2, -0.15) is 0 Å². The highest BCUT2D eigenvalue weighted by atomic mass is 16.5. The topological polar surface area (TPSA) is 9.23 Å². The summed E-state index contributed by atoms with van der Waals surface area (Å²) in [6, 6.07) is 7.96. The zero-order valence-corrected chi connectivity index (χ0v) is 5.72. The molecule has 0 atom stereocenters. The highest BCUT2D eigenvalue weighted by Gasteiger charge is 1.85. The van der Waals surface area contributed by atoms with Crippen molar-refractivity contribution < 1.29 is 4.74 Å². The first-order valence-electron chi connectivity index (χ1n) is 2.93. The van der Waals surface area contributed by atoms with E-state index in [9.17, 15) is 0 Å². The molecule has 0 heterocycles. The van der Waals surface area contributed by atoms with E-state index in [1.165, 1.54) is 5.56 Å². The molecule has 0 bridgehead atoms. The fraction of sp³-hybridized carbons (Fsp3) is 0.333. The average molecular weight is 138 g/mol. The molecule has 0 aromatic heterocycles. The van der Waals surface area contributed by atoms with Gasteiger partial charge in [0.2, 0.25) is 0 Å². The predicted molar refractivity (Wildman–Crippen MR) is 44.5 cm³/mol. The third-order valence-corrected chi connectivity index (χ3v) is 1.26. The van der Waals surface area contributed by atoms with E-state index < -0.39 is 0 Å². The Hall–Kier alpha value is -0.980. The SMILES string of the molecule is C.COc1ccc(C)cc1. The summed E-state index contributed by atoms with van der Waals surface area (Å²) in [6.45, 7) is 2.06. The van der Waals surface area contributed by atoms with Crippen molar-refractivity contribution in [1.29, 1.82) is 0 Å². The zero-order chi connectivity index (χ0) is 6.69. The molecule has 1 rings (SSSR count). The van der Waals surface area contributed by atoms with Crippen molar-refractivity contribution in [1.82, 2.24) is 0 Å². The van der Waals surface area contributed by atoms with Gasteiger partial charge in [0.25, 0.3) is 0 Å². The van der Waals surface area contributed by atoms with E-state index in [1.54, 1.807) is 7.11 Å². The number of aryl methyl sites for hydroxylation is 1. The summed E-state index contributed by atoms with van der Waals surface area (Å²) in [5.41, 5.74) is 1.26. The summed E-state index contributed by atoms with van der Waals surface area (Å²) in [7, 11) is 1.67. The van der Waals surface area contributed by atoms with Crippen molar-refractivity contribution in [3.8, 4) is 5.75 Å². The lowest BCUT2D eigenvalue weighted by Gasteiger charge is -1.97. The molecular weight excluding hydrogens is 124 g/mol. The summed E-state index contributed by atoms with van der Waals surface area (Å²) < 4.78 is 4.97. The Morgan fingerprint density at radius 3 is 2.00 bits per heavy atom. The van der Waals surface area contributed by atoms with E-state index >= 15 is 0 Å². The molecule has 0 saturated heterocycles. The minimum absolute atomic E-state index is 0. The van der Waals surface area contributed by atoms with Crippen molar-refractivity contribution in [2.24, 2.45) is 0 Å². The van der Waals surface area contributed by atoms with Crippen LogP contribution in [0.1, 0.15) is 13.0 Å². The molecule has 56 valence electrons. The fourth-order valence-electron chi connectivity index (χ4n) is 0.674. The summed E-state index contributed by atoms with van der Waals surface area (Å²) >= 11 is 0. The van der Waals surface area contributed by atoms with Crippen molar-refractivity contribution in [2.45, 2.75) is 14.4 Å². The molecular formula is C9H14O. The van der Waals surface area contributed by atoms with Gasteiger partial charge in [-0.1, -0.05) is 25.1 Å². The molecule has 1 aromatic carbocycles. The normalized spacial score (nSPS) is 8.20. The summed E-state index contributed by atoms with van der Waals surface area (Å²) in [6.07, 6.45) is 0. The minimum Gasteiger partial charge on any atom is -0.497 e. The van der Waals surface area contributed by atoms with Crippen LogP contribution in [-0.2, 0) is 0 Å². The van der Waals surface area contributed by atoms with Gasteiger partial charge in [0.1, 0.15) is 5.75 Å². The Bertz CT molecular complexity index is 176. The maximum atomic E-state index is 4.97. The Balaban J connectivity index is 0.000000810. The summed E-state index contributed by atoms with van der Waals surface area (Å²) in [5.74, 6) is 0.917. The van der Waals surface area contributed by atoms with Crippen LogP contribution in [0.15, 0.2) is 24.3 Å². The largest absolute Gasteiger partial charge is 0.497 e. The van der Waals surface area contributed by atoms with Gasteiger partial charge in [0.05, 0.1) is 7.11 Å². The molecule has 0 unspecified atom stereocenters. The van der Waals surface area contributed by atoms with Crippen molar-refractivity contribution >= 4 is 0 Å². The van der Waals surface area contributed by atoms with E-state index in [-0.39, 0.29) is 7.43 Å². The van der Waals surface area contributed by atoms with E-state index in [1.807, 2.05) is 24.3 Å². The Morgan fingerprint density at radius 2 is 1.60 bits per heavy atom. The molecule has 1 aromatic rings. The molecule has 0 aliphatic rings. The molecule has 0 radical (unpaired) electrons. The van der Waals surface area contributed by atoms with Crippen LogP contribution in [0.2, 0.25) is 0 Å². The van der Waals surface area contributed by atoms with Gasteiger partial charge in [-0.25, -0.2) is 0 Å². The van der Waals surface area contributed by atoms with Crippen molar-refractivity contribution in [2.75, 3.05) is 7.11 Å². The molecule has 0 N–H and O–H groups in total. The molecule has 0 amide bonds. The number of hydrogen-bond donors (Lipinski definition) is 0. The molecule has 1 nitrogen and oxygen atoms in total. The molecule has 10 heavy (non-hydrogen) atoms. The van der Waals surface area contributed by atoms with Gasteiger partial charge < -0.3 is 4.74 Å². The number of ether oxygens (including phenoxy) is 1. The zero-order valence-electron chi connectivity index (χ0n) is 5.72. The standard InChI is InChI=1S/C8H10O.CH4/c1-7-3-5-8(9-2)6-4-7;/h3-6H,1-2H3;1H4. The van der Waals surface area contributed by atoms with Crippen LogP contribution in [0.25, 0.3) is 0 Å². The average Bonchev–Trinajstić information content (AvgIpc) is 1.90. The first-order chi connectivity index (χ1) is 4.33. The summed E-state index contributed by atoms with van der Waals surface area (Å²) in [5, 5.41) is 0. The molecule has 0 spiro atoms. The maximum absolute atomic E-state index is 4.97. The summed E-state index contributed by atoms with van der Waals surface area (Å²) in [4.78, 5) is 0. The number of rotatable bonds is 1. The van der Waals surface area contributed by atoms with Gasteiger partial charge >= 0.3 is 0 Å². The van der Waals surface area contributed by atoms with Gasteiger partial charge in [0.15, 0.2) is 0 Å². The van der Waals surface area contributed by atoms with E-state index in [0.717, 1.165) is 5.75 Å². The van der Waals surface area contributed by atoms with Crippen LogP contribution in [0.5, 0.6) is 5.75 Å². The van der Waals surface area contributed by atoms with Gasteiger partial charge in [0, 0.05) is 0 Å². The molecule has 1 heteroatoms. The highest BCUT2D eigenvalue weighted by Crippen LogP contribution is 2.09. The van der Waals surface area contributed by atoms with Crippen LogP contribution in [-0.4, -0.2) is 7.11 Å².